The van der Waals surface area contributed by atoms with Crippen LogP contribution in [0.15, 0.2) is 11.6 Å². The second-order valence-electron chi connectivity index (χ2n) is 10.0. The van der Waals surface area contributed by atoms with Gasteiger partial charge in [0.25, 0.3) is 0 Å². The van der Waals surface area contributed by atoms with Crippen LogP contribution in [0.1, 0.15) is 79.1 Å². The van der Waals surface area contributed by atoms with E-state index in [2.05, 4.69) is 26.8 Å². The van der Waals surface area contributed by atoms with E-state index in [1.807, 2.05) is 6.92 Å². The topological polar surface area (TPSA) is 20.2 Å². The van der Waals surface area contributed by atoms with Gasteiger partial charge in [-0.25, -0.2) is 0 Å². The monoisotopic (exact) mass is 316 g/mol. The molecule has 0 radical (unpaired) electrons. The Morgan fingerprint density at radius 2 is 1.74 bits per heavy atom. The zero-order valence-corrected chi connectivity index (χ0v) is 15.6. The smallest absolute Gasteiger partial charge is 0.0545 e. The summed E-state index contributed by atoms with van der Waals surface area (Å²) in [4.78, 5) is 0. The molecule has 3 fully saturated rings. The number of aliphatic hydroxyl groups is 1. The van der Waals surface area contributed by atoms with Crippen molar-refractivity contribution in [1.82, 2.24) is 0 Å². The van der Waals surface area contributed by atoms with Crippen LogP contribution in [0.25, 0.3) is 0 Å². The first-order valence-electron chi connectivity index (χ1n) is 10.2. The molecule has 23 heavy (non-hydrogen) atoms. The van der Waals surface area contributed by atoms with Gasteiger partial charge in [0.2, 0.25) is 0 Å². The summed E-state index contributed by atoms with van der Waals surface area (Å²) in [5.41, 5.74) is 2.62. The Morgan fingerprint density at radius 3 is 2.48 bits per heavy atom. The molecule has 130 valence electrons. The molecule has 0 aromatic heterocycles. The van der Waals surface area contributed by atoms with Gasteiger partial charge >= 0.3 is 0 Å². The van der Waals surface area contributed by atoms with Crippen molar-refractivity contribution in [3.05, 3.63) is 11.6 Å². The Labute approximate surface area is 142 Å². The maximum atomic E-state index is 10.3. The molecule has 0 amide bonds. The van der Waals surface area contributed by atoms with Crippen LogP contribution in [0.2, 0.25) is 0 Å². The highest BCUT2D eigenvalue weighted by Crippen LogP contribution is 2.67. The fourth-order valence-electron chi connectivity index (χ4n) is 7.86. The molecule has 4 rings (SSSR count). The lowest BCUT2D eigenvalue weighted by atomic mass is 9.45. The van der Waals surface area contributed by atoms with E-state index < -0.39 is 0 Å². The van der Waals surface area contributed by atoms with Gasteiger partial charge in [-0.15, -0.1) is 0 Å². The summed E-state index contributed by atoms with van der Waals surface area (Å²) >= 11 is 0. The zero-order chi connectivity index (χ0) is 16.4. The average molecular weight is 317 g/mol. The van der Waals surface area contributed by atoms with E-state index in [1.54, 1.807) is 5.57 Å². The third kappa shape index (κ3) is 2.21. The first-order chi connectivity index (χ1) is 10.9. The first kappa shape index (κ1) is 16.2. The Bertz CT molecular complexity index is 506. The molecule has 1 N–H and O–H groups in total. The minimum absolute atomic E-state index is 0.117. The number of fused-ring (bicyclic) bond motifs is 5. The maximum absolute atomic E-state index is 10.3. The summed E-state index contributed by atoms with van der Waals surface area (Å²) in [6.45, 7) is 9.53. The molecule has 3 saturated carbocycles. The van der Waals surface area contributed by atoms with E-state index in [0.717, 1.165) is 23.7 Å². The van der Waals surface area contributed by atoms with E-state index in [9.17, 15) is 5.11 Å². The normalized spacial score (nSPS) is 53.8. The first-order valence-corrected chi connectivity index (χ1v) is 10.2. The lowest BCUT2D eigenvalue weighted by Crippen LogP contribution is -2.52. The molecule has 0 aliphatic heterocycles. The summed E-state index contributed by atoms with van der Waals surface area (Å²) in [5, 5.41) is 10.3. The minimum Gasteiger partial charge on any atom is -0.393 e. The highest BCUT2D eigenvalue weighted by molar-refractivity contribution is 5.17. The number of hydrogen-bond donors (Lipinski definition) is 1. The molecular formula is C22H36O. The predicted molar refractivity (Wildman–Crippen MR) is 96.0 cm³/mol. The molecule has 0 bridgehead atoms. The SMILES string of the molecule is CC1=CC2CCC3C(CC[C@]4(C)C3CC[C@H]4C(C)O)[C@]2(C)CC1. The highest BCUT2D eigenvalue weighted by atomic mass is 16.3. The van der Waals surface area contributed by atoms with Gasteiger partial charge < -0.3 is 5.11 Å². The summed E-state index contributed by atoms with van der Waals surface area (Å²) in [6.07, 6.45) is 13.6. The Balaban J connectivity index is 1.63. The maximum Gasteiger partial charge on any atom is 0.0545 e. The molecule has 4 aliphatic carbocycles. The van der Waals surface area contributed by atoms with Gasteiger partial charge in [0.05, 0.1) is 6.10 Å². The van der Waals surface area contributed by atoms with Crippen molar-refractivity contribution in [3.63, 3.8) is 0 Å². The lowest BCUT2D eigenvalue weighted by Gasteiger charge is -2.60. The largest absolute Gasteiger partial charge is 0.393 e. The van der Waals surface area contributed by atoms with Crippen LogP contribution in [-0.4, -0.2) is 11.2 Å². The average Bonchev–Trinajstić information content (AvgIpc) is 2.85. The Hall–Kier alpha value is -0.300. The molecule has 0 aromatic rings. The van der Waals surface area contributed by atoms with Crippen LogP contribution in [-0.2, 0) is 0 Å². The van der Waals surface area contributed by atoms with Crippen molar-refractivity contribution in [2.45, 2.75) is 85.2 Å². The van der Waals surface area contributed by atoms with Crippen LogP contribution in [0.3, 0.4) is 0 Å². The molecule has 4 aliphatic rings. The number of aliphatic hydroxyl groups excluding tert-OH is 1. The summed E-state index contributed by atoms with van der Waals surface area (Å²) in [6, 6.07) is 0. The third-order valence-electron chi connectivity index (χ3n) is 9.14. The fraction of sp³-hybridized carbons (Fsp3) is 0.909. The van der Waals surface area contributed by atoms with E-state index in [4.69, 9.17) is 0 Å². The van der Waals surface area contributed by atoms with Gasteiger partial charge in [-0.05, 0) is 106 Å². The van der Waals surface area contributed by atoms with Gasteiger partial charge in [-0.1, -0.05) is 25.5 Å². The van der Waals surface area contributed by atoms with E-state index >= 15 is 0 Å². The highest BCUT2D eigenvalue weighted by Gasteiger charge is 2.59. The second-order valence-corrected chi connectivity index (χ2v) is 10.0. The Kier molecular flexibility index (Phi) is 3.76. The van der Waals surface area contributed by atoms with Crippen molar-refractivity contribution in [1.29, 1.82) is 0 Å². The van der Waals surface area contributed by atoms with Crippen LogP contribution >= 0.6 is 0 Å². The van der Waals surface area contributed by atoms with Gasteiger partial charge in [0, 0.05) is 0 Å². The second kappa shape index (κ2) is 5.35. The molecule has 1 heteroatoms. The number of rotatable bonds is 1. The minimum atomic E-state index is -0.117. The number of hydrogen-bond acceptors (Lipinski definition) is 1. The Morgan fingerprint density at radius 1 is 1.00 bits per heavy atom. The molecule has 0 saturated heterocycles. The van der Waals surface area contributed by atoms with Crippen LogP contribution in [0.5, 0.6) is 0 Å². The van der Waals surface area contributed by atoms with Gasteiger partial charge in [0.15, 0.2) is 0 Å². The van der Waals surface area contributed by atoms with Gasteiger partial charge in [0.1, 0.15) is 0 Å². The summed E-state index contributed by atoms with van der Waals surface area (Å²) in [5.74, 6) is 4.15. The fourth-order valence-corrected chi connectivity index (χ4v) is 7.86. The van der Waals surface area contributed by atoms with E-state index in [1.165, 1.54) is 51.4 Å². The van der Waals surface area contributed by atoms with Gasteiger partial charge in [-0.2, -0.15) is 0 Å². The summed E-state index contributed by atoms with van der Waals surface area (Å²) < 4.78 is 0. The molecule has 8 atom stereocenters. The lowest BCUT2D eigenvalue weighted by molar-refractivity contribution is -0.102. The number of allylic oxidation sites excluding steroid dienone is 2. The molecule has 1 nitrogen and oxygen atoms in total. The molecule has 5 unspecified atom stereocenters. The van der Waals surface area contributed by atoms with Gasteiger partial charge in [-0.3, -0.25) is 0 Å². The van der Waals surface area contributed by atoms with Crippen molar-refractivity contribution in [2.75, 3.05) is 0 Å². The molecule has 0 aromatic carbocycles. The van der Waals surface area contributed by atoms with Crippen molar-refractivity contribution in [2.24, 2.45) is 40.4 Å². The predicted octanol–water partition coefficient (Wildman–Crippen LogP) is 5.58. The standard InChI is InChI=1S/C22H36O/c1-14-9-11-21(3)16(13-14)5-6-17-19-8-7-18(15(2)23)22(19,4)12-10-20(17)21/h13,15-20,23H,5-12H2,1-4H3/t15?,16?,17?,18-,19?,20?,21+,22-/m0/s1. The quantitative estimate of drug-likeness (QED) is 0.626. The zero-order valence-electron chi connectivity index (χ0n) is 15.6. The molecule has 0 spiro atoms. The van der Waals surface area contributed by atoms with Crippen LogP contribution in [0.4, 0.5) is 0 Å². The van der Waals surface area contributed by atoms with E-state index in [-0.39, 0.29) is 6.10 Å². The van der Waals surface area contributed by atoms with Crippen molar-refractivity contribution in [3.8, 4) is 0 Å². The van der Waals surface area contributed by atoms with Crippen LogP contribution < -0.4 is 0 Å². The summed E-state index contributed by atoms with van der Waals surface area (Å²) in [7, 11) is 0. The molecular weight excluding hydrogens is 280 g/mol. The van der Waals surface area contributed by atoms with Crippen molar-refractivity contribution < 1.29 is 5.11 Å². The van der Waals surface area contributed by atoms with E-state index in [0.29, 0.717) is 16.7 Å². The van der Waals surface area contributed by atoms with Crippen molar-refractivity contribution >= 4 is 0 Å². The third-order valence-corrected chi connectivity index (χ3v) is 9.14. The molecule has 0 heterocycles. The van der Waals surface area contributed by atoms with Crippen LogP contribution in [0, 0.1) is 40.4 Å².